The third-order valence-electron chi connectivity index (χ3n) is 5.01. The Kier molecular flexibility index (Phi) is 6.03. The zero-order valence-corrected chi connectivity index (χ0v) is 15.6. The van der Waals surface area contributed by atoms with E-state index in [-0.39, 0.29) is 18.2 Å². The number of carboxylic acid groups (broad SMARTS) is 1. The second-order valence-electron chi connectivity index (χ2n) is 7.02. The predicted octanol–water partition coefficient (Wildman–Crippen LogP) is 2.01. The largest absolute Gasteiger partial charge is 0.481 e. The van der Waals surface area contributed by atoms with Gasteiger partial charge in [0, 0.05) is 19.2 Å². The summed E-state index contributed by atoms with van der Waals surface area (Å²) in [7, 11) is 0. The summed E-state index contributed by atoms with van der Waals surface area (Å²) in [5, 5.41) is 12.3. The van der Waals surface area contributed by atoms with Gasteiger partial charge in [0.25, 0.3) is 0 Å². The van der Waals surface area contributed by atoms with Crippen LogP contribution < -0.4 is 5.32 Å². The molecule has 2 N–H and O–H groups in total. The maximum atomic E-state index is 12.8. The molecule has 3 atom stereocenters. The van der Waals surface area contributed by atoms with Gasteiger partial charge in [0.05, 0.1) is 30.1 Å². The summed E-state index contributed by atoms with van der Waals surface area (Å²) in [5.74, 6) is -2.71. The molecule has 2 amide bonds. The zero-order valence-electron chi connectivity index (χ0n) is 15.6. The van der Waals surface area contributed by atoms with Crippen LogP contribution in [0.15, 0.2) is 54.7 Å². The van der Waals surface area contributed by atoms with Crippen LogP contribution in [0.25, 0.3) is 0 Å². The number of carbonyl (C=O) groups is 3. The lowest BCUT2D eigenvalue weighted by Crippen LogP contribution is -2.39. The quantitative estimate of drug-likeness (QED) is 0.764. The first-order chi connectivity index (χ1) is 13.5. The van der Waals surface area contributed by atoms with E-state index in [1.54, 1.807) is 48.4 Å². The summed E-state index contributed by atoms with van der Waals surface area (Å²) in [6.07, 6.45) is 1.78. The van der Waals surface area contributed by atoms with Crippen molar-refractivity contribution in [2.45, 2.75) is 25.9 Å². The number of amides is 2. The Morgan fingerprint density at radius 2 is 1.93 bits per heavy atom. The van der Waals surface area contributed by atoms with Crippen LogP contribution in [0.4, 0.5) is 0 Å². The molecule has 3 rings (SSSR count). The van der Waals surface area contributed by atoms with Crippen molar-refractivity contribution in [1.82, 2.24) is 15.2 Å². The summed E-state index contributed by atoms with van der Waals surface area (Å²) in [6, 6.07) is 13.8. The monoisotopic (exact) mass is 381 g/mol. The Bertz CT molecular complexity index is 841. The van der Waals surface area contributed by atoms with Gasteiger partial charge in [0.15, 0.2) is 0 Å². The van der Waals surface area contributed by atoms with Gasteiger partial charge in [-0.15, -0.1) is 0 Å². The van der Waals surface area contributed by atoms with Gasteiger partial charge in [-0.05, 0) is 24.6 Å². The summed E-state index contributed by atoms with van der Waals surface area (Å²) in [6.45, 7) is 2.22. The molecule has 1 aromatic heterocycles. The predicted molar refractivity (Wildman–Crippen MR) is 102 cm³/mol. The average Bonchev–Trinajstić information content (AvgIpc) is 3.07. The third-order valence-corrected chi connectivity index (χ3v) is 5.01. The first-order valence-corrected chi connectivity index (χ1v) is 9.21. The molecule has 2 aromatic rings. The Balaban J connectivity index is 1.68. The maximum absolute atomic E-state index is 12.8. The lowest BCUT2D eigenvalue weighted by atomic mass is 9.93. The topological polar surface area (TPSA) is 99.6 Å². The maximum Gasteiger partial charge on any atom is 0.308 e. The van der Waals surface area contributed by atoms with Gasteiger partial charge in [-0.1, -0.05) is 36.4 Å². The van der Waals surface area contributed by atoms with Crippen molar-refractivity contribution >= 4 is 17.8 Å². The molecule has 0 radical (unpaired) electrons. The average molecular weight is 381 g/mol. The van der Waals surface area contributed by atoms with Crippen LogP contribution >= 0.6 is 0 Å². The minimum atomic E-state index is -0.992. The third kappa shape index (κ3) is 4.54. The van der Waals surface area contributed by atoms with E-state index in [0.717, 1.165) is 11.3 Å². The van der Waals surface area contributed by atoms with Gasteiger partial charge in [-0.25, -0.2) is 0 Å². The number of benzene rings is 1. The second kappa shape index (κ2) is 8.65. The van der Waals surface area contributed by atoms with E-state index in [0.29, 0.717) is 13.1 Å². The van der Waals surface area contributed by atoms with Crippen molar-refractivity contribution in [1.29, 1.82) is 0 Å². The molecular formula is C21H23N3O4. The molecule has 1 saturated heterocycles. The van der Waals surface area contributed by atoms with Gasteiger partial charge in [0.2, 0.25) is 11.8 Å². The molecule has 1 fully saturated rings. The first kappa shape index (κ1) is 19.5. The number of pyridine rings is 1. The van der Waals surface area contributed by atoms with Crippen LogP contribution in [-0.2, 0) is 20.9 Å². The van der Waals surface area contributed by atoms with Gasteiger partial charge in [-0.3, -0.25) is 19.4 Å². The van der Waals surface area contributed by atoms with Crippen molar-refractivity contribution in [2.75, 3.05) is 6.54 Å². The smallest absolute Gasteiger partial charge is 0.308 e. The Hall–Kier alpha value is -3.22. The van der Waals surface area contributed by atoms with Gasteiger partial charge in [0.1, 0.15) is 0 Å². The molecule has 1 aliphatic heterocycles. The van der Waals surface area contributed by atoms with Gasteiger partial charge < -0.3 is 15.3 Å². The number of carboxylic acids is 1. The van der Waals surface area contributed by atoms with E-state index in [4.69, 9.17) is 0 Å². The summed E-state index contributed by atoms with van der Waals surface area (Å²) in [5.41, 5.74) is 1.49. The fourth-order valence-corrected chi connectivity index (χ4v) is 3.36. The zero-order chi connectivity index (χ0) is 20.1. The van der Waals surface area contributed by atoms with Crippen LogP contribution in [-0.4, -0.2) is 39.3 Å². The van der Waals surface area contributed by atoms with E-state index in [1.165, 1.54) is 0 Å². The highest BCUT2D eigenvalue weighted by molar-refractivity contribution is 5.89. The normalized spacial score (nSPS) is 18.5. The number of aromatic nitrogens is 1. The molecule has 0 bridgehead atoms. The van der Waals surface area contributed by atoms with Crippen LogP contribution in [0.1, 0.15) is 30.6 Å². The fraction of sp³-hybridized carbons (Fsp3) is 0.333. The minimum Gasteiger partial charge on any atom is -0.481 e. The summed E-state index contributed by atoms with van der Waals surface area (Å²) < 4.78 is 0. The first-order valence-electron chi connectivity index (χ1n) is 9.21. The van der Waals surface area contributed by atoms with E-state index in [2.05, 4.69) is 10.3 Å². The van der Waals surface area contributed by atoms with Gasteiger partial charge in [-0.2, -0.15) is 0 Å². The van der Waals surface area contributed by atoms with E-state index in [1.807, 2.05) is 18.2 Å². The fourth-order valence-electron chi connectivity index (χ4n) is 3.36. The molecule has 0 aliphatic carbocycles. The molecule has 0 saturated carbocycles. The molecule has 146 valence electrons. The molecule has 0 spiro atoms. The van der Waals surface area contributed by atoms with E-state index in [9.17, 15) is 19.5 Å². The second-order valence-corrected chi connectivity index (χ2v) is 7.02. The number of likely N-dealkylation sites (tertiary alicyclic amines) is 1. The molecule has 2 heterocycles. The number of carbonyl (C=O) groups excluding carboxylic acids is 2. The van der Waals surface area contributed by atoms with Gasteiger partial charge >= 0.3 is 5.97 Å². The highest BCUT2D eigenvalue weighted by atomic mass is 16.4. The number of hydrogen-bond donors (Lipinski definition) is 2. The molecule has 1 aliphatic rings. The summed E-state index contributed by atoms with van der Waals surface area (Å²) >= 11 is 0. The Labute approximate surface area is 163 Å². The molecule has 7 nitrogen and oxygen atoms in total. The van der Waals surface area contributed by atoms with Crippen LogP contribution in [0.3, 0.4) is 0 Å². The molecule has 0 unspecified atom stereocenters. The van der Waals surface area contributed by atoms with Crippen molar-refractivity contribution < 1.29 is 19.5 Å². The minimum absolute atomic E-state index is 0.103. The lowest BCUT2D eigenvalue weighted by Gasteiger charge is -2.24. The van der Waals surface area contributed by atoms with Crippen LogP contribution in [0.5, 0.6) is 0 Å². The summed E-state index contributed by atoms with van der Waals surface area (Å²) in [4.78, 5) is 42.5. The number of nitrogens with zero attached hydrogens (tertiary/aromatic N) is 2. The van der Waals surface area contributed by atoms with Crippen molar-refractivity contribution in [3.8, 4) is 0 Å². The number of rotatable bonds is 7. The van der Waals surface area contributed by atoms with Crippen molar-refractivity contribution in [3.05, 3.63) is 66.0 Å². The molecule has 28 heavy (non-hydrogen) atoms. The Morgan fingerprint density at radius 1 is 1.21 bits per heavy atom. The highest BCUT2D eigenvalue weighted by Gasteiger charge is 2.36. The van der Waals surface area contributed by atoms with Crippen LogP contribution in [0.2, 0.25) is 0 Å². The van der Waals surface area contributed by atoms with E-state index >= 15 is 0 Å². The number of nitrogens with one attached hydrogen (secondary N) is 1. The van der Waals surface area contributed by atoms with Crippen molar-refractivity contribution in [2.24, 2.45) is 11.8 Å². The lowest BCUT2D eigenvalue weighted by molar-refractivity contribution is -0.142. The highest BCUT2D eigenvalue weighted by Crippen LogP contribution is 2.25. The molecule has 1 aromatic carbocycles. The molecule has 7 heteroatoms. The number of hydrogen-bond acceptors (Lipinski definition) is 4. The number of aliphatic carboxylic acids is 1. The van der Waals surface area contributed by atoms with Crippen molar-refractivity contribution in [3.63, 3.8) is 0 Å². The van der Waals surface area contributed by atoms with E-state index < -0.39 is 23.8 Å². The SMILES string of the molecule is C[C@H](C(=O)O)[C@@H](NC(=O)[C@@H]1CC(=O)N(Cc2ccccn2)C1)c1ccccc1. The molecular weight excluding hydrogens is 358 g/mol. The Morgan fingerprint density at radius 3 is 2.57 bits per heavy atom. The van der Waals surface area contributed by atoms with Crippen LogP contribution in [0, 0.1) is 11.8 Å². The standard InChI is InChI=1S/C21H23N3O4/c1-14(21(27)28)19(15-7-3-2-4-8-15)23-20(26)16-11-18(25)24(12-16)13-17-9-5-6-10-22-17/h2-10,14,16,19H,11-13H2,1H3,(H,23,26)(H,27,28)/t14-,16+,19+/m0/s1.